The topological polar surface area (TPSA) is 39.6 Å². The van der Waals surface area contributed by atoms with Crippen molar-refractivity contribution in [3.63, 3.8) is 0 Å². The van der Waals surface area contributed by atoms with Crippen LogP contribution in [0.2, 0.25) is 5.02 Å². The summed E-state index contributed by atoms with van der Waals surface area (Å²) in [5.74, 6) is 1.45. The summed E-state index contributed by atoms with van der Waals surface area (Å²) in [6, 6.07) is 3.72. The monoisotopic (exact) mass is 300 g/mol. The van der Waals surface area contributed by atoms with Crippen molar-refractivity contribution in [3.05, 3.63) is 22.7 Å². The molecule has 0 saturated carbocycles. The van der Waals surface area contributed by atoms with Crippen LogP contribution in [0.5, 0.6) is 17.4 Å². The number of fused-ring (bicyclic) bond motifs is 1. The molecule has 0 aliphatic carbocycles. The van der Waals surface area contributed by atoms with Crippen molar-refractivity contribution in [2.24, 2.45) is 7.05 Å². The molecule has 0 unspecified atom stereocenters. The fourth-order valence-corrected chi connectivity index (χ4v) is 2.44. The molecule has 0 N–H and O–H groups in total. The third kappa shape index (κ3) is 2.10. The van der Waals surface area contributed by atoms with E-state index in [2.05, 4.69) is 9.84 Å². The number of ether oxygens (including phenoxy) is 2. The minimum atomic E-state index is -2.95. The van der Waals surface area contributed by atoms with Crippen LogP contribution in [0.25, 0.3) is 11.3 Å². The zero-order valence-corrected chi connectivity index (χ0v) is 11.5. The van der Waals surface area contributed by atoms with Gasteiger partial charge in [0.15, 0.2) is 11.5 Å². The third-order valence-corrected chi connectivity index (χ3v) is 3.46. The molecule has 106 valence electrons. The maximum Gasteiger partial charge on any atom is 0.388 e. The first-order valence-corrected chi connectivity index (χ1v) is 6.41. The molecular weight excluding hydrogens is 290 g/mol. The van der Waals surface area contributed by atoms with Crippen LogP contribution in [0.3, 0.4) is 0 Å². The van der Waals surface area contributed by atoms with Gasteiger partial charge in [-0.05, 0) is 24.1 Å². The first-order valence-electron chi connectivity index (χ1n) is 6.03. The van der Waals surface area contributed by atoms with Crippen LogP contribution in [0.15, 0.2) is 12.1 Å². The fourth-order valence-electron chi connectivity index (χ4n) is 2.13. The molecule has 1 aromatic heterocycles. The van der Waals surface area contributed by atoms with Crippen LogP contribution < -0.4 is 9.47 Å². The van der Waals surface area contributed by atoms with Crippen LogP contribution in [-0.2, 0) is 13.5 Å². The Balaban J connectivity index is 2.10. The van der Waals surface area contributed by atoms with Crippen molar-refractivity contribution in [1.29, 1.82) is 0 Å². The van der Waals surface area contributed by atoms with Crippen molar-refractivity contribution >= 4 is 11.6 Å². The standard InChI is InChI=1S/C13H11ClF2N2O2/c1-3-6-4-8-9(19-8)5-7(6)11-10(14)12(18(2)17-11)20-13(15)16/h4-5,13H,3H2,1-2H3. The average Bonchev–Trinajstić information content (AvgIpc) is 3.12. The first kappa shape index (κ1) is 13.2. The number of aromatic nitrogens is 2. The lowest BCUT2D eigenvalue weighted by Gasteiger charge is -2.04. The van der Waals surface area contributed by atoms with E-state index in [4.69, 9.17) is 16.3 Å². The maximum atomic E-state index is 12.4. The molecule has 0 atom stereocenters. The highest BCUT2D eigenvalue weighted by Gasteiger charge is 2.27. The molecule has 7 heteroatoms. The Morgan fingerprint density at radius 1 is 1.40 bits per heavy atom. The van der Waals surface area contributed by atoms with Crippen LogP contribution in [0.4, 0.5) is 8.78 Å². The lowest BCUT2D eigenvalue weighted by molar-refractivity contribution is -0.0552. The molecule has 2 aromatic rings. The minimum Gasteiger partial charge on any atom is -0.449 e. The summed E-state index contributed by atoms with van der Waals surface area (Å²) in [7, 11) is 1.50. The average molecular weight is 301 g/mol. The number of hydrogen-bond donors (Lipinski definition) is 0. The van der Waals surface area contributed by atoms with Crippen molar-refractivity contribution in [2.45, 2.75) is 20.0 Å². The Kier molecular flexibility index (Phi) is 3.05. The van der Waals surface area contributed by atoms with Crippen molar-refractivity contribution in [2.75, 3.05) is 0 Å². The van der Waals surface area contributed by atoms with Crippen LogP contribution >= 0.6 is 11.6 Å². The molecule has 1 aromatic carbocycles. The zero-order valence-electron chi connectivity index (χ0n) is 10.8. The van der Waals surface area contributed by atoms with Gasteiger partial charge < -0.3 is 9.47 Å². The van der Waals surface area contributed by atoms with Gasteiger partial charge in [-0.25, -0.2) is 4.68 Å². The molecule has 0 amide bonds. The smallest absolute Gasteiger partial charge is 0.388 e. The van der Waals surface area contributed by atoms with E-state index >= 15 is 0 Å². The number of hydrogen-bond acceptors (Lipinski definition) is 3. The van der Waals surface area contributed by atoms with Crippen LogP contribution in [-0.4, -0.2) is 16.4 Å². The summed E-state index contributed by atoms with van der Waals surface area (Å²) in [5, 5.41) is 4.25. The zero-order chi connectivity index (χ0) is 14.4. The van der Waals surface area contributed by atoms with Gasteiger partial charge in [0.2, 0.25) is 5.88 Å². The van der Waals surface area contributed by atoms with Crippen LogP contribution in [0, 0.1) is 0 Å². The predicted octanol–water partition coefficient (Wildman–Crippen LogP) is 4.01. The number of aryl methyl sites for hydroxylation is 2. The van der Waals surface area contributed by atoms with Gasteiger partial charge in [0.1, 0.15) is 10.7 Å². The minimum absolute atomic E-state index is 0.0723. The SMILES string of the molecule is CCc1cc2c(cc1-c1nn(C)c(OC(F)F)c1Cl)O2. The van der Waals surface area contributed by atoms with E-state index in [0.29, 0.717) is 5.69 Å². The molecule has 4 nitrogen and oxygen atoms in total. The van der Waals surface area contributed by atoms with E-state index in [9.17, 15) is 8.78 Å². The van der Waals surface area contributed by atoms with Gasteiger partial charge in [-0.3, -0.25) is 0 Å². The molecule has 0 bridgehead atoms. The maximum absolute atomic E-state index is 12.4. The van der Waals surface area contributed by atoms with Gasteiger partial charge in [0, 0.05) is 12.6 Å². The van der Waals surface area contributed by atoms with Gasteiger partial charge in [-0.2, -0.15) is 13.9 Å². The summed E-state index contributed by atoms with van der Waals surface area (Å²) in [5.41, 5.74) is 2.18. The third-order valence-electron chi connectivity index (χ3n) is 3.12. The molecule has 2 heterocycles. The molecule has 1 aliphatic rings. The number of benzene rings is 1. The quantitative estimate of drug-likeness (QED) is 0.683. The van der Waals surface area contributed by atoms with Gasteiger partial charge in [0.05, 0.1) is 0 Å². The first-order chi connectivity index (χ1) is 9.51. The van der Waals surface area contributed by atoms with E-state index in [-0.39, 0.29) is 10.9 Å². The highest BCUT2D eigenvalue weighted by molar-refractivity contribution is 6.34. The van der Waals surface area contributed by atoms with Crippen molar-refractivity contribution < 1.29 is 18.3 Å². The van der Waals surface area contributed by atoms with Crippen molar-refractivity contribution in [3.8, 4) is 28.6 Å². The predicted molar refractivity (Wildman–Crippen MR) is 69.7 cm³/mol. The Morgan fingerprint density at radius 3 is 2.75 bits per heavy atom. The lowest BCUT2D eigenvalue weighted by atomic mass is 10.0. The molecule has 0 saturated heterocycles. The summed E-state index contributed by atoms with van der Waals surface area (Å²) in [6.45, 7) is -0.959. The van der Waals surface area contributed by atoms with Gasteiger partial charge >= 0.3 is 6.61 Å². The molecule has 3 rings (SSSR count). The van der Waals surface area contributed by atoms with E-state index in [1.807, 2.05) is 19.1 Å². The summed E-state index contributed by atoms with van der Waals surface area (Å²) < 4.78 is 35.6. The summed E-state index contributed by atoms with van der Waals surface area (Å²) >= 11 is 6.12. The van der Waals surface area contributed by atoms with Gasteiger partial charge in [0.25, 0.3) is 0 Å². The molecular formula is C13H11ClF2N2O2. The second-order valence-corrected chi connectivity index (χ2v) is 4.76. The number of rotatable bonds is 4. The van der Waals surface area contributed by atoms with Gasteiger partial charge in [-0.1, -0.05) is 18.5 Å². The second kappa shape index (κ2) is 4.63. The van der Waals surface area contributed by atoms with E-state index in [1.165, 1.54) is 11.7 Å². The van der Waals surface area contributed by atoms with Gasteiger partial charge in [-0.15, -0.1) is 0 Å². The Hall–Kier alpha value is -1.82. The highest BCUT2D eigenvalue weighted by atomic mass is 35.5. The van der Waals surface area contributed by atoms with E-state index < -0.39 is 6.61 Å². The highest BCUT2D eigenvalue weighted by Crippen LogP contribution is 2.50. The second-order valence-electron chi connectivity index (χ2n) is 4.38. The summed E-state index contributed by atoms with van der Waals surface area (Å²) in [6.07, 6.45) is 0.754. The molecule has 0 fully saturated rings. The molecule has 1 aliphatic heterocycles. The number of nitrogens with zero attached hydrogens (tertiary/aromatic N) is 2. The molecule has 0 spiro atoms. The summed E-state index contributed by atoms with van der Waals surface area (Å²) in [4.78, 5) is 0. The Bertz CT molecular complexity index is 685. The lowest BCUT2D eigenvalue weighted by Crippen LogP contribution is -2.06. The number of alkyl halides is 2. The normalized spacial score (nSPS) is 12.3. The van der Waals surface area contributed by atoms with E-state index in [1.54, 1.807) is 0 Å². The van der Waals surface area contributed by atoms with Crippen LogP contribution in [0.1, 0.15) is 12.5 Å². The molecule has 0 radical (unpaired) electrons. The fraction of sp³-hybridized carbons (Fsp3) is 0.308. The van der Waals surface area contributed by atoms with E-state index in [0.717, 1.165) is 29.0 Å². The number of halogens is 3. The molecule has 20 heavy (non-hydrogen) atoms. The Labute approximate surface area is 118 Å². The largest absolute Gasteiger partial charge is 0.449 e. The van der Waals surface area contributed by atoms with Crippen molar-refractivity contribution in [1.82, 2.24) is 9.78 Å². The Morgan fingerprint density at radius 2 is 2.10 bits per heavy atom.